The summed E-state index contributed by atoms with van der Waals surface area (Å²) in [4.78, 5) is 25.4. The van der Waals surface area contributed by atoms with E-state index in [0.717, 1.165) is 11.1 Å². The van der Waals surface area contributed by atoms with Gasteiger partial charge in [0.05, 0.1) is 0 Å². The molecule has 0 aromatic heterocycles. The fourth-order valence-corrected chi connectivity index (χ4v) is 2.72. The number of hydrogen-bond acceptors (Lipinski definition) is 2. The second-order valence-electron chi connectivity index (χ2n) is 6.25. The summed E-state index contributed by atoms with van der Waals surface area (Å²) in [6.45, 7) is 1.94. The molecule has 0 saturated carbocycles. The van der Waals surface area contributed by atoms with Crippen LogP contribution < -0.4 is 10.6 Å². The lowest BCUT2D eigenvalue weighted by Crippen LogP contribution is -2.30. The summed E-state index contributed by atoms with van der Waals surface area (Å²) < 4.78 is 0. The van der Waals surface area contributed by atoms with Crippen molar-refractivity contribution in [2.24, 2.45) is 0 Å². The van der Waals surface area contributed by atoms with E-state index in [1.54, 1.807) is 36.4 Å². The maximum absolute atomic E-state index is 12.8. The van der Waals surface area contributed by atoms with Gasteiger partial charge in [0, 0.05) is 16.3 Å². The zero-order valence-electron chi connectivity index (χ0n) is 15.3. The van der Waals surface area contributed by atoms with E-state index in [1.807, 2.05) is 55.5 Å². The zero-order valence-corrected chi connectivity index (χ0v) is 16.0. The van der Waals surface area contributed by atoms with Gasteiger partial charge < -0.3 is 10.6 Å². The maximum Gasteiger partial charge on any atom is 0.272 e. The van der Waals surface area contributed by atoms with Gasteiger partial charge in [-0.3, -0.25) is 9.59 Å². The second kappa shape index (κ2) is 9.02. The van der Waals surface area contributed by atoms with Crippen molar-refractivity contribution in [3.05, 3.63) is 106 Å². The third-order valence-electron chi connectivity index (χ3n) is 3.99. The molecule has 3 aromatic carbocycles. The first kappa shape index (κ1) is 19.4. The Morgan fingerprint density at radius 2 is 1.61 bits per heavy atom. The summed E-state index contributed by atoms with van der Waals surface area (Å²) in [6.07, 6.45) is 1.64. The van der Waals surface area contributed by atoms with Crippen LogP contribution in [0.15, 0.2) is 84.6 Å². The number of benzene rings is 3. The number of aryl methyl sites for hydroxylation is 1. The molecule has 2 amide bonds. The van der Waals surface area contributed by atoms with Gasteiger partial charge in [-0.15, -0.1) is 0 Å². The van der Waals surface area contributed by atoms with Crippen molar-refractivity contribution < 1.29 is 9.59 Å². The predicted octanol–water partition coefficient (Wildman–Crippen LogP) is 5.06. The van der Waals surface area contributed by atoms with Gasteiger partial charge in [0.1, 0.15) is 5.70 Å². The first-order valence-electron chi connectivity index (χ1n) is 8.73. The highest BCUT2D eigenvalue weighted by Gasteiger charge is 2.15. The summed E-state index contributed by atoms with van der Waals surface area (Å²) in [5.41, 5.74) is 3.04. The highest BCUT2D eigenvalue weighted by atomic mass is 35.5. The second-order valence-corrected chi connectivity index (χ2v) is 6.69. The van der Waals surface area contributed by atoms with E-state index in [2.05, 4.69) is 10.6 Å². The molecule has 0 atom stereocenters. The molecule has 0 fully saturated rings. The molecule has 0 aliphatic rings. The van der Waals surface area contributed by atoms with Gasteiger partial charge in [-0.05, 0) is 60.5 Å². The van der Waals surface area contributed by atoms with Crippen molar-refractivity contribution in [2.75, 3.05) is 5.32 Å². The van der Waals surface area contributed by atoms with Crippen LogP contribution in [0, 0.1) is 6.92 Å². The number of anilines is 1. The Bertz CT molecular complexity index is 1010. The molecule has 0 saturated heterocycles. The molecular formula is C23H19ClN2O2. The Labute approximate surface area is 168 Å². The van der Waals surface area contributed by atoms with Crippen molar-refractivity contribution in [2.45, 2.75) is 6.92 Å². The van der Waals surface area contributed by atoms with E-state index in [0.29, 0.717) is 16.3 Å². The van der Waals surface area contributed by atoms with Gasteiger partial charge in [-0.25, -0.2) is 0 Å². The molecule has 4 nitrogen and oxygen atoms in total. The molecule has 0 heterocycles. The van der Waals surface area contributed by atoms with Crippen LogP contribution in [0.4, 0.5) is 5.69 Å². The van der Waals surface area contributed by atoms with Crippen LogP contribution >= 0.6 is 11.6 Å². The molecule has 28 heavy (non-hydrogen) atoms. The number of amides is 2. The molecule has 0 bridgehead atoms. The number of rotatable bonds is 5. The van der Waals surface area contributed by atoms with E-state index in [4.69, 9.17) is 11.6 Å². The Morgan fingerprint density at radius 3 is 2.29 bits per heavy atom. The summed E-state index contributed by atoms with van der Waals surface area (Å²) in [5.74, 6) is -0.796. The highest BCUT2D eigenvalue weighted by Crippen LogP contribution is 2.14. The molecule has 3 aromatic rings. The standard InChI is InChI=1S/C23H19ClN2O2/c1-16-6-5-9-20(14-16)25-23(28)21(15-17-7-3-2-4-8-17)26-22(27)18-10-12-19(24)13-11-18/h2-15H,1H3,(H,25,28)(H,26,27). The lowest BCUT2D eigenvalue weighted by molar-refractivity contribution is -0.113. The Morgan fingerprint density at radius 1 is 0.893 bits per heavy atom. The van der Waals surface area contributed by atoms with E-state index in [9.17, 15) is 9.59 Å². The summed E-state index contributed by atoms with van der Waals surface area (Å²) >= 11 is 5.88. The average molecular weight is 391 g/mol. The zero-order chi connectivity index (χ0) is 19.9. The molecule has 140 valence electrons. The lowest BCUT2D eigenvalue weighted by Gasteiger charge is -2.12. The number of carbonyl (C=O) groups is 2. The third kappa shape index (κ3) is 5.32. The van der Waals surface area contributed by atoms with Gasteiger partial charge in [-0.1, -0.05) is 54.1 Å². The van der Waals surface area contributed by atoms with Crippen molar-refractivity contribution in [3.63, 3.8) is 0 Å². The molecule has 0 spiro atoms. The molecule has 0 unspecified atom stereocenters. The molecule has 0 aliphatic carbocycles. The number of carbonyl (C=O) groups excluding carboxylic acids is 2. The largest absolute Gasteiger partial charge is 0.321 e. The first-order valence-corrected chi connectivity index (χ1v) is 9.11. The van der Waals surface area contributed by atoms with Gasteiger partial charge in [0.2, 0.25) is 0 Å². The fourth-order valence-electron chi connectivity index (χ4n) is 2.59. The van der Waals surface area contributed by atoms with Crippen molar-refractivity contribution in [1.82, 2.24) is 5.32 Å². The third-order valence-corrected chi connectivity index (χ3v) is 4.24. The number of nitrogens with one attached hydrogen (secondary N) is 2. The fraction of sp³-hybridized carbons (Fsp3) is 0.0435. The Kier molecular flexibility index (Phi) is 6.25. The average Bonchev–Trinajstić information content (AvgIpc) is 2.68. The molecular weight excluding hydrogens is 372 g/mol. The van der Waals surface area contributed by atoms with Crippen LogP contribution in [0.1, 0.15) is 21.5 Å². The Hall–Kier alpha value is -3.37. The molecule has 0 aliphatic heterocycles. The van der Waals surface area contributed by atoms with Crippen LogP contribution in [0.2, 0.25) is 5.02 Å². The minimum absolute atomic E-state index is 0.146. The van der Waals surface area contributed by atoms with Gasteiger partial charge >= 0.3 is 0 Å². The molecule has 3 rings (SSSR count). The molecule has 5 heteroatoms. The number of halogens is 1. The van der Waals surface area contributed by atoms with Crippen LogP contribution in [0.5, 0.6) is 0 Å². The van der Waals surface area contributed by atoms with Crippen molar-refractivity contribution in [3.8, 4) is 0 Å². The van der Waals surface area contributed by atoms with Crippen molar-refractivity contribution in [1.29, 1.82) is 0 Å². The van der Waals surface area contributed by atoms with E-state index >= 15 is 0 Å². The minimum Gasteiger partial charge on any atom is -0.321 e. The van der Waals surface area contributed by atoms with E-state index in [-0.39, 0.29) is 5.70 Å². The van der Waals surface area contributed by atoms with Gasteiger partial charge in [0.15, 0.2) is 0 Å². The minimum atomic E-state index is -0.406. The summed E-state index contributed by atoms with van der Waals surface area (Å²) in [7, 11) is 0. The SMILES string of the molecule is Cc1cccc(NC(=O)C(=Cc2ccccc2)NC(=O)c2ccc(Cl)cc2)c1. The smallest absolute Gasteiger partial charge is 0.272 e. The molecule has 0 radical (unpaired) electrons. The quantitative estimate of drug-likeness (QED) is 0.598. The summed E-state index contributed by atoms with van der Waals surface area (Å²) in [6, 6.07) is 23.3. The first-order chi connectivity index (χ1) is 13.5. The van der Waals surface area contributed by atoms with Gasteiger partial charge in [-0.2, -0.15) is 0 Å². The Balaban J connectivity index is 1.86. The maximum atomic E-state index is 12.8. The van der Waals surface area contributed by atoms with Crippen LogP contribution in [-0.4, -0.2) is 11.8 Å². The normalized spacial score (nSPS) is 11.0. The number of hydrogen-bond donors (Lipinski definition) is 2. The summed E-state index contributed by atoms with van der Waals surface area (Å²) in [5, 5.41) is 6.06. The topological polar surface area (TPSA) is 58.2 Å². The van der Waals surface area contributed by atoms with Crippen LogP contribution in [0.3, 0.4) is 0 Å². The van der Waals surface area contributed by atoms with E-state index in [1.165, 1.54) is 0 Å². The van der Waals surface area contributed by atoms with Crippen LogP contribution in [-0.2, 0) is 4.79 Å². The van der Waals surface area contributed by atoms with Crippen molar-refractivity contribution >= 4 is 35.2 Å². The highest BCUT2D eigenvalue weighted by molar-refractivity contribution is 6.30. The van der Waals surface area contributed by atoms with Gasteiger partial charge in [0.25, 0.3) is 11.8 Å². The van der Waals surface area contributed by atoms with E-state index < -0.39 is 11.8 Å². The molecule has 2 N–H and O–H groups in total. The monoisotopic (exact) mass is 390 g/mol. The lowest BCUT2D eigenvalue weighted by atomic mass is 10.1. The van der Waals surface area contributed by atoms with Crippen LogP contribution in [0.25, 0.3) is 6.08 Å². The predicted molar refractivity (Wildman–Crippen MR) is 113 cm³/mol.